The maximum absolute atomic E-state index is 10.7. The van der Waals surface area contributed by atoms with Crippen LogP contribution in [0, 0.1) is 6.92 Å². The van der Waals surface area contributed by atoms with Crippen molar-refractivity contribution in [3.8, 4) is 0 Å². The molecule has 0 aliphatic rings. The summed E-state index contributed by atoms with van der Waals surface area (Å²) in [4.78, 5) is 14.8. The molecule has 1 atom stereocenters. The van der Waals surface area contributed by atoms with Gasteiger partial charge in [0.25, 0.3) is 0 Å². The van der Waals surface area contributed by atoms with Gasteiger partial charge in [-0.2, -0.15) is 0 Å². The van der Waals surface area contributed by atoms with Gasteiger partial charge in [-0.15, -0.1) is 0 Å². The highest BCUT2D eigenvalue weighted by molar-refractivity contribution is 5.87. The van der Waals surface area contributed by atoms with E-state index in [-0.39, 0.29) is 11.6 Å². The molecule has 0 amide bonds. The molecule has 0 bridgehead atoms. The van der Waals surface area contributed by atoms with Crippen molar-refractivity contribution in [3.05, 3.63) is 41.5 Å². The van der Waals surface area contributed by atoms with E-state index in [0.29, 0.717) is 18.2 Å². The molecule has 2 aromatic rings. The first kappa shape index (κ1) is 12.4. The molecule has 2 heterocycles. The Morgan fingerprint density at radius 3 is 2.94 bits per heavy atom. The summed E-state index contributed by atoms with van der Waals surface area (Å²) >= 11 is 0. The average Bonchev–Trinajstić information content (AvgIpc) is 2.94. The Morgan fingerprint density at radius 1 is 1.61 bits per heavy atom. The molecular weight excluding hydrogens is 236 g/mol. The summed E-state index contributed by atoms with van der Waals surface area (Å²) in [5.74, 6) is 0.909. The van der Waals surface area contributed by atoms with Crippen molar-refractivity contribution in [1.29, 1.82) is 0 Å². The second-order valence-corrected chi connectivity index (χ2v) is 4.02. The minimum absolute atomic E-state index is 0.0721. The van der Waals surface area contributed by atoms with E-state index < -0.39 is 5.97 Å². The lowest BCUT2D eigenvalue weighted by molar-refractivity contribution is 0.0696. The van der Waals surface area contributed by atoms with Gasteiger partial charge in [0.15, 0.2) is 0 Å². The van der Waals surface area contributed by atoms with Crippen LogP contribution in [0.2, 0.25) is 0 Å². The summed E-state index contributed by atoms with van der Waals surface area (Å²) in [5.41, 5.74) is 0.145. The maximum Gasteiger partial charge on any atom is 0.338 e. The third-order valence-electron chi connectivity index (χ3n) is 2.49. The number of nitrogens with one attached hydrogen (secondary N) is 1. The quantitative estimate of drug-likeness (QED) is 0.845. The zero-order valence-electron chi connectivity index (χ0n) is 10.1. The van der Waals surface area contributed by atoms with Crippen molar-refractivity contribution in [2.24, 2.45) is 0 Å². The zero-order chi connectivity index (χ0) is 13.1. The molecule has 0 fully saturated rings. The largest absolute Gasteiger partial charge is 0.478 e. The molecule has 18 heavy (non-hydrogen) atoms. The van der Waals surface area contributed by atoms with Crippen LogP contribution in [0.3, 0.4) is 0 Å². The molecule has 6 heteroatoms. The van der Waals surface area contributed by atoms with E-state index in [0.717, 1.165) is 5.76 Å². The van der Waals surface area contributed by atoms with E-state index in [1.807, 2.05) is 13.8 Å². The van der Waals surface area contributed by atoms with Crippen molar-refractivity contribution in [2.75, 3.05) is 0 Å². The molecule has 0 aliphatic carbocycles. The molecule has 1 unspecified atom stereocenters. The summed E-state index contributed by atoms with van der Waals surface area (Å²) in [6, 6.07) is 1.42. The fourth-order valence-electron chi connectivity index (χ4n) is 1.50. The Morgan fingerprint density at radius 2 is 2.39 bits per heavy atom. The molecule has 0 radical (unpaired) electrons. The minimum Gasteiger partial charge on any atom is -0.478 e. The molecule has 2 N–H and O–H groups in total. The third kappa shape index (κ3) is 2.78. The number of furan rings is 1. The van der Waals surface area contributed by atoms with E-state index in [4.69, 9.17) is 13.9 Å². The van der Waals surface area contributed by atoms with E-state index in [1.165, 1.54) is 12.3 Å². The van der Waals surface area contributed by atoms with Crippen LogP contribution in [0.25, 0.3) is 0 Å². The van der Waals surface area contributed by atoms with Crippen LogP contribution in [-0.4, -0.2) is 16.1 Å². The topological polar surface area (TPSA) is 88.5 Å². The number of aromatic nitrogens is 1. The molecular formula is C12H14N2O4. The number of oxazole rings is 1. The summed E-state index contributed by atoms with van der Waals surface area (Å²) in [7, 11) is 0. The average molecular weight is 250 g/mol. The third-order valence-corrected chi connectivity index (χ3v) is 2.49. The first-order valence-electron chi connectivity index (χ1n) is 5.52. The van der Waals surface area contributed by atoms with Gasteiger partial charge in [0.05, 0.1) is 24.3 Å². The predicted octanol–water partition coefficient (Wildman–Crippen LogP) is 2.13. The zero-order valence-corrected chi connectivity index (χ0v) is 10.1. The van der Waals surface area contributed by atoms with Crippen LogP contribution in [-0.2, 0) is 6.54 Å². The number of carboxylic acid groups (broad SMARTS) is 1. The fraction of sp³-hybridized carbons (Fsp3) is 0.333. The Balaban J connectivity index is 1.92. The second kappa shape index (κ2) is 5.05. The molecule has 96 valence electrons. The number of aromatic carboxylic acids is 1. The van der Waals surface area contributed by atoms with E-state index >= 15 is 0 Å². The van der Waals surface area contributed by atoms with Crippen molar-refractivity contribution in [2.45, 2.75) is 26.4 Å². The predicted molar refractivity (Wildman–Crippen MR) is 62.2 cm³/mol. The van der Waals surface area contributed by atoms with Gasteiger partial charge in [0, 0.05) is 0 Å². The fourth-order valence-corrected chi connectivity index (χ4v) is 1.50. The van der Waals surface area contributed by atoms with Crippen LogP contribution >= 0.6 is 0 Å². The normalized spacial score (nSPS) is 12.6. The lowest BCUT2D eigenvalue weighted by Gasteiger charge is -2.08. The van der Waals surface area contributed by atoms with E-state index in [2.05, 4.69) is 10.3 Å². The van der Waals surface area contributed by atoms with Crippen LogP contribution < -0.4 is 5.32 Å². The molecule has 2 aromatic heterocycles. The Kier molecular flexibility index (Phi) is 3.47. The summed E-state index contributed by atoms with van der Waals surface area (Å²) in [5, 5.41) is 11.9. The number of nitrogens with zero attached hydrogens (tertiary/aromatic N) is 1. The van der Waals surface area contributed by atoms with E-state index in [9.17, 15) is 4.79 Å². The van der Waals surface area contributed by atoms with Gasteiger partial charge in [-0.25, -0.2) is 9.78 Å². The van der Waals surface area contributed by atoms with Gasteiger partial charge in [0.1, 0.15) is 17.8 Å². The first-order chi connectivity index (χ1) is 8.56. The SMILES string of the molecule is Cc1cnc(C(C)NCc2cc(C(=O)O)co2)o1. The van der Waals surface area contributed by atoms with Crippen LogP contribution in [0.15, 0.2) is 27.4 Å². The lowest BCUT2D eigenvalue weighted by atomic mass is 10.3. The molecule has 0 saturated heterocycles. The monoisotopic (exact) mass is 250 g/mol. The summed E-state index contributed by atoms with van der Waals surface area (Å²) in [6.07, 6.45) is 2.88. The van der Waals surface area contributed by atoms with Gasteiger partial charge >= 0.3 is 5.97 Å². The van der Waals surface area contributed by atoms with Crippen molar-refractivity contribution in [3.63, 3.8) is 0 Å². The van der Waals surface area contributed by atoms with Gasteiger partial charge in [0.2, 0.25) is 5.89 Å². The molecule has 0 spiro atoms. The second-order valence-electron chi connectivity index (χ2n) is 4.02. The highest BCUT2D eigenvalue weighted by atomic mass is 16.4. The molecule has 0 aromatic carbocycles. The minimum atomic E-state index is -0.999. The van der Waals surface area contributed by atoms with Crippen LogP contribution in [0.1, 0.15) is 40.7 Å². The lowest BCUT2D eigenvalue weighted by Crippen LogP contribution is -2.18. The van der Waals surface area contributed by atoms with E-state index in [1.54, 1.807) is 6.20 Å². The van der Waals surface area contributed by atoms with Gasteiger partial charge in [-0.05, 0) is 19.9 Å². The van der Waals surface area contributed by atoms with Gasteiger partial charge < -0.3 is 13.9 Å². The number of rotatable bonds is 5. The van der Waals surface area contributed by atoms with Crippen molar-refractivity contribution >= 4 is 5.97 Å². The van der Waals surface area contributed by atoms with Crippen LogP contribution in [0.4, 0.5) is 0 Å². The van der Waals surface area contributed by atoms with Crippen LogP contribution in [0.5, 0.6) is 0 Å². The van der Waals surface area contributed by atoms with Crippen molar-refractivity contribution in [1.82, 2.24) is 10.3 Å². The van der Waals surface area contributed by atoms with Gasteiger partial charge in [-0.1, -0.05) is 0 Å². The van der Waals surface area contributed by atoms with Crippen molar-refractivity contribution < 1.29 is 18.7 Å². The Bertz CT molecular complexity index is 544. The summed E-state index contributed by atoms with van der Waals surface area (Å²) in [6.45, 7) is 4.15. The maximum atomic E-state index is 10.7. The highest BCUT2D eigenvalue weighted by Crippen LogP contribution is 2.14. The number of hydrogen-bond donors (Lipinski definition) is 2. The number of hydrogen-bond acceptors (Lipinski definition) is 5. The molecule has 2 rings (SSSR count). The highest BCUT2D eigenvalue weighted by Gasteiger charge is 2.13. The van der Waals surface area contributed by atoms with Gasteiger partial charge in [-0.3, -0.25) is 5.32 Å². The smallest absolute Gasteiger partial charge is 0.338 e. The standard InChI is InChI=1S/C12H14N2O4/c1-7-4-14-11(18-7)8(2)13-5-10-3-9(6-17-10)12(15)16/h3-4,6,8,13H,5H2,1-2H3,(H,15,16). The first-order valence-corrected chi connectivity index (χ1v) is 5.52. The number of carbonyl (C=O) groups is 1. The molecule has 0 aliphatic heterocycles. The molecule has 6 nitrogen and oxygen atoms in total. The number of carboxylic acids is 1. The Hall–Kier alpha value is -2.08. The number of aryl methyl sites for hydroxylation is 1. The molecule has 0 saturated carbocycles. The Labute approximate surface area is 104 Å². The summed E-state index contributed by atoms with van der Waals surface area (Å²) < 4.78 is 10.5.